The molecule has 2 aromatic carbocycles. The average molecular weight is 338 g/mol. The van der Waals surface area contributed by atoms with Crippen LogP contribution in [0.3, 0.4) is 0 Å². The second kappa shape index (κ2) is 7.97. The molecule has 0 radical (unpaired) electrons. The number of benzene rings is 2. The van der Waals surface area contributed by atoms with Gasteiger partial charge < -0.3 is 10.6 Å². The average Bonchev–Trinajstić information content (AvgIpc) is 2.59. The Morgan fingerprint density at radius 2 is 1.44 bits per heavy atom. The van der Waals surface area contributed by atoms with Gasteiger partial charge in [-0.05, 0) is 47.7 Å². The molecular formula is C21H26N2O2. The lowest BCUT2D eigenvalue weighted by Gasteiger charge is -2.23. The molecule has 0 spiro atoms. The first-order chi connectivity index (χ1) is 11.8. The summed E-state index contributed by atoms with van der Waals surface area (Å²) >= 11 is 0. The third-order valence-corrected chi connectivity index (χ3v) is 3.93. The van der Waals surface area contributed by atoms with Gasteiger partial charge in [0.05, 0.1) is 0 Å². The molecule has 0 atom stereocenters. The third-order valence-electron chi connectivity index (χ3n) is 3.93. The minimum Gasteiger partial charge on any atom is -0.352 e. The molecule has 2 rings (SSSR count). The largest absolute Gasteiger partial charge is 0.352 e. The second-order valence-corrected chi connectivity index (χ2v) is 7.08. The van der Waals surface area contributed by atoms with Gasteiger partial charge in [0.15, 0.2) is 0 Å². The van der Waals surface area contributed by atoms with Gasteiger partial charge in [-0.3, -0.25) is 9.59 Å². The summed E-state index contributed by atoms with van der Waals surface area (Å²) in [6.45, 7) is 8.99. The van der Waals surface area contributed by atoms with Gasteiger partial charge in [0.25, 0.3) is 11.8 Å². The summed E-state index contributed by atoms with van der Waals surface area (Å²) in [7, 11) is 0. The van der Waals surface area contributed by atoms with Gasteiger partial charge in [-0.2, -0.15) is 0 Å². The van der Waals surface area contributed by atoms with Crippen LogP contribution in [0.4, 0.5) is 5.69 Å². The smallest absolute Gasteiger partial charge is 0.255 e. The summed E-state index contributed by atoms with van der Waals surface area (Å²) in [5.41, 5.74) is 2.91. The van der Waals surface area contributed by atoms with Crippen molar-refractivity contribution < 1.29 is 9.59 Å². The summed E-state index contributed by atoms with van der Waals surface area (Å²) < 4.78 is 0. The number of rotatable bonds is 5. The number of nitrogens with one attached hydrogen (secondary N) is 2. The summed E-state index contributed by atoms with van der Waals surface area (Å²) in [6.07, 6.45) is 0.888. The fourth-order valence-corrected chi connectivity index (χ4v) is 2.55. The minimum absolute atomic E-state index is 0.0644. The minimum atomic E-state index is -0.183. The Balaban J connectivity index is 2.13. The maximum atomic E-state index is 12.5. The van der Waals surface area contributed by atoms with Crippen molar-refractivity contribution in [1.82, 2.24) is 5.32 Å². The van der Waals surface area contributed by atoms with Crippen LogP contribution in [0.5, 0.6) is 0 Å². The van der Waals surface area contributed by atoms with Crippen molar-refractivity contribution in [3.8, 4) is 0 Å². The van der Waals surface area contributed by atoms with E-state index in [-0.39, 0.29) is 17.2 Å². The molecule has 0 unspecified atom stereocenters. The first-order valence-electron chi connectivity index (χ1n) is 8.62. The van der Waals surface area contributed by atoms with Crippen molar-refractivity contribution in [3.05, 3.63) is 65.2 Å². The lowest BCUT2D eigenvalue weighted by Crippen LogP contribution is -2.24. The highest BCUT2D eigenvalue weighted by Crippen LogP contribution is 2.29. The van der Waals surface area contributed by atoms with Gasteiger partial charge in [-0.1, -0.05) is 45.9 Å². The number of para-hydroxylation sites is 1. The first-order valence-corrected chi connectivity index (χ1v) is 8.62. The van der Waals surface area contributed by atoms with E-state index in [0.29, 0.717) is 17.7 Å². The molecule has 0 heterocycles. The molecule has 0 aliphatic heterocycles. The monoisotopic (exact) mass is 338 g/mol. The molecule has 0 saturated carbocycles. The van der Waals surface area contributed by atoms with Gasteiger partial charge in [-0.25, -0.2) is 0 Å². The van der Waals surface area contributed by atoms with E-state index in [1.165, 1.54) is 0 Å². The standard InChI is InChI=1S/C21H26N2O2/c1-5-14-22-19(24)15-10-12-16(13-11-15)20(25)23-18-9-7-6-8-17(18)21(2,3)4/h6-13H,5,14H2,1-4H3,(H,22,24)(H,23,25). The van der Waals surface area contributed by atoms with Crippen molar-refractivity contribution in [1.29, 1.82) is 0 Å². The van der Waals surface area contributed by atoms with Crippen LogP contribution in [0.25, 0.3) is 0 Å². The molecular weight excluding hydrogens is 312 g/mol. The van der Waals surface area contributed by atoms with Crippen molar-refractivity contribution in [2.24, 2.45) is 0 Å². The van der Waals surface area contributed by atoms with Crippen LogP contribution in [0.2, 0.25) is 0 Å². The van der Waals surface area contributed by atoms with Crippen LogP contribution in [0.1, 0.15) is 60.4 Å². The van der Waals surface area contributed by atoms with Gasteiger partial charge >= 0.3 is 0 Å². The molecule has 4 nitrogen and oxygen atoms in total. The molecule has 2 N–H and O–H groups in total. The summed E-state index contributed by atoms with van der Waals surface area (Å²) in [5.74, 6) is -0.302. The predicted molar refractivity (Wildman–Crippen MR) is 102 cm³/mol. The molecule has 2 amide bonds. The fourth-order valence-electron chi connectivity index (χ4n) is 2.55. The Labute approximate surface area is 149 Å². The van der Waals surface area contributed by atoms with Crippen LogP contribution in [0, 0.1) is 0 Å². The molecule has 4 heteroatoms. The molecule has 132 valence electrons. The summed E-state index contributed by atoms with van der Waals surface area (Å²) in [5, 5.41) is 5.80. The van der Waals surface area contributed by atoms with E-state index in [2.05, 4.69) is 31.4 Å². The Bertz CT molecular complexity index is 743. The topological polar surface area (TPSA) is 58.2 Å². The van der Waals surface area contributed by atoms with E-state index in [9.17, 15) is 9.59 Å². The highest BCUT2D eigenvalue weighted by atomic mass is 16.2. The molecule has 25 heavy (non-hydrogen) atoms. The molecule has 2 aromatic rings. The van der Waals surface area contributed by atoms with Gasteiger partial charge in [0.2, 0.25) is 0 Å². The first kappa shape index (κ1) is 18.7. The Kier molecular flexibility index (Phi) is 5.97. The Morgan fingerprint density at radius 3 is 2.00 bits per heavy atom. The summed E-state index contributed by atoms with van der Waals surface area (Å²) in [6, 6.07) is 14.5. The zero-order valence-electron chi connectivity index (χ0n) is 15.3. The van der Waals surface area contributed by atoms with Gasteiger partial charge in [0, 0.05) is 23.4 Å². The van der Waals surface area contributed by atoms with E-state index >= 15 is 0 Å². The number of carbonyl (C=O) groups is 2. The van der Waals surface area contributed by atoms with Crippen molar-refractivity contribution in [2.75, 3.05) is 11.9 Å². The zero-order chi connectivity index (χ0) is 18.4. The number of hydrogen-bond acceptors (Lipinski definition) is 2. The highest BCUT2D eigenvalue weighted by Gasteiger charge is 2.19. The van der Waals surface area contributed by atoms with Crippen molar-refractivity contribution in [3.63, 3.8) is 0 Å². The highest BCUT2D eigenvalue weighted by molar-refractivity contribution is 6.05. The van der Waals surface area contributed by atoms with E-state index in [1.54, 1.807) is 24.3 Å². The van der Waals surface area contributed by atoms with E-state index in [1.807, 2.05) is 31.2 Å². The van der Waals surface area contributed by atoms with E-state index in [4.69, 9.17) is 0 Å². The van der Waals surface area contributed by atoms with Crippen LogP contribution >= 0.6 is 0 Å². The number of carbonyl (C=O) groups excluding carboxylic acids is 2. The lowest BCUT2D eigenvalue weighted by molar-refractivity contribution is 0.0951. The normalized spacial score (nSPS) is 11.0. The number of amides is 2. The van der Waals surface area contributed by atoms with Crippen molar-refractivity contribution in [2.45, 2.75) is 39.5 Å². The van der Waals surface area contributed by atoms with E-state index in [0.717, 1.165) is 17.7 Å². The molecule has 0 aliphatic carbocycles. The van der Waals surface area contributed by atoms with Gasteiger partial charge in [-0.15, -0.1) is 0 Å². The zero-order valence-corrected chi connectivity index (χ0v) is 15.3. The molecule has 0 fully saturated rings. The Hall–Kier alpha value is -2.62. The van der Waals surface area contributed by atoms with Crippen LogP contribution in [-0.2, 0) is 5.41 Å². The molecule has 0 bridgehead atoms. The van der Waals surface area contributed by atoms with Gasteiger partial charge in [0.1, 0.15) is 0 Å². The number of hydrogen-bond donors (Lipinski definition) is 2. The lowest BCUT2D eigenvalue weighted by atomic mass is 9.86. The second-order valence-electron chi connectivity index (χ2n) is 7.08. The summed E-state index contributed by atoms with van der Waals surface area (Å²) in [4.78, 5) is 24.5. The molecule has 0 aromatic heterocycles. The predicted octanol–water partition coefficient (Wildman–Crippen LogP) is 4.38. The number of anilines is 1. The van der Waals surface area contributed by atoms with Crippen LogP contribution < -0.4 is 10.6 Å². The third kappa shape index (κ3) is 4.92. The van der Waals surface area contributed by atoms with Crippen LogP contribution in [0.15, 0.2) is 48.5 Å². The molecule has 0 aliphatic rings. The quantitative estimate of drug-likeness (QED) is 0.850. The molecule has 0 saturated heterocycles. The Morgan fingerprint density at radius 1 is 0.880 bits per heavy atom. The fraction of sp³-hybridized carbons (Fsp3) is 0.333. The SMILES string of the molecule is CCCNC(=O)c1ccc(C(=O)Nc2ccccc2C(C)(C)C)cc1. The van der Waals surface area contributed by atoms with Crippen molar-refractivity contribution >= 4 is 17.5 Å². The van der Waals surface area contributed by atoms with Crippen LogP contribution in [-0.4, -0.2) is 18.4 Å². The van der Waals surface area contributed by atoms with E-state index < -0.39 is 0 Å². The maximum Gasteiger partial charge on any atom is 0.255 e. The maximum absolute atomic E-state index is 12.5.